The fraction of sp³-hybridized carbons (Fsp3) is 0.533. The highest BCUT2D eigenvalue weighted by Gasteiger charge is 2.43. The van der Waals surface area contributed by atoms with E-state index < -0.39 is 11.7 Å². The van der Waals surface area contributed by atoms with Crippen molar-refractivity contribution in [3.05, 3.63) is 29.8 Å². The molecule has 21 heavy (non-hydrogen) atoms. The van der Waals surface area contributed by atoms with Gasteiger partial charge in [-0.3, -0.25) is 15.6 Å². The molecule has 1 aromatic rings. The number of carbonyl (C=O) groups is 1. The zero-order chi connectivity index (χ0) is 15.0. The average Bonchev–Trinajstić information content (AvgIpc) is 3.07. The van der Waals surface area contributed by atoms with Gasteiger partial charge in [0.1, 0.15) is 0 Å². The van der Waals surface area contributed by atoms with Crippen LogP contribution in [0.25, 0.3) is 0 Å². The lowest BCUT2D eigenvalue weighted by Gasteiger charge is -2.21. The summed E-state index contributed by atoms with van der Waals surface area (Å²) in [5.74, 6) is 0.985. The lowest BCUT2D eigenvalue weighted by molar-refractivity contribution is -0.137. The minimum absolute atomic E-state index is 0.00190. The first-order chi connectivity index (χ1) is 9.93. The third-order valence-corrected chi connectivity index (χ3v) is 4.59. The molecule has 3 atom stereocenters. The molecule has 0 spiro atoms. The fourth-order valence-corrected chi connectivity index (χ4v) is 3.57. The number of halogens is 3. The molecule has 0 aliphatic heterocycles. The van der Waals surface area contributed by atoms with E-state index in [1.54, 1.807) is 0 Å². The quantitative estimate of drug-likeness (QED) is 0.837. The van der Waals surface area contributed by atoms with Gasteiger partial charge in [-0.1, -0.05) is 12.5 Å². The van der Waals surface area contributed by atoms with Crippen molar-refractivity contribution in [3.8, 4) is 0 Å². The number of hydrogen-bond acceptors (Lipinski definition) is 2. The number of hydrogen-bond donors (Lipinski definition) is 2. The summed E-state index contributed by atoms with van der Waals surface area (Å²) in [5.41, 5.74) is 4.64. The topological polar surface area (TPSA) is 41.1 Å². The standard InChI is InChI=1S/C15H17F3N2O/c16-15(17,18)11-2-1-3-12(8-11)19-20-14(21)13-7-9-4-5-10(13)6-9/h1-3,8-10,13,19H,4-7H2,(H,20,21). The summed E-state index contributed by atoms with van der Waals surface area (Å²) in [6, 6.07) is 4.80. The number of alkyl halides is 3. The number of rotatable bonds is 3. The summed E-state index contributed by atoms with van der Waals surface area (Å²) in [5, 5.41) is 0. The molecule has 1 aromatic carbocycles. The molecule has 1 amide bonds. The second-order valence-corrected chi connectivity index (χ2v) is 5.97. The van der Waals surface area contributed by atoms with E-state index in [4.69, 9.17) is 0 Å². The van der Waals surface area contributed by atoms with Crippen LogP contribution in [0.3, 0.4) is 0 Å². The lowest BCUT2D eigenvalue weighted by atomic mass is 9.88. The average molecular weight is 298 g/mol. The molecule has 114 valence electrons. The molecule has 0 aromatic heterocycles. The van der Waals surface area contributed by atoms with E-state index in [0.717, 1.165) is 31.4 Å². The van der Waals surface area contributed by atoms with Crippen molar-refractivity contribution in [2.24, 2.45) is 17.8 Å². The maximum atomic E-state index is 12.6. The number of amides is 1. The molecular formula is C15H17F3N2O. The first-order valence-electron chi connectivity index (χ1n) is 7.16. The molecule has 3 nitrogen and oxygen atoms in total. The largest absolute Gasteiger partial charge is 0.416 e. The van der Waals surface area contributed by atoms with E-state index in [-0.39, 0.29) is 17.5 Å². The predicted molar refractivity (Wildman–Crippen MR) is 72.1 cm³/mol. The van der Waals surface area contributed by atoms with Crippen LogP contribution in [0.2, 0.25) is 0 Å². The smallest absolute Gasteiger partial charge is 0.299 e. The van der Waals surface area contributed by atoms with Gasteiger partial charge in [0.15, 0.2) is 0 Å². The molecule has 2 N–H and O–H groups in total. The molecule has 2 aliphatic rings. The van der Waals surface area contributed by atoms with Crippen LogP contribution in [0, 0.1) is 17.8 Å². The third kappa shape index (κ3) is 2.99. The van der Waals surface area contributed by atoms with Gasteiger partial charge in [-0.25, -0.2) is 0 Å². The maximum absolute atomic E-state index is 12.6. The molecule has 2 bridgehead atoms. The van der Waals surface area contributed by atoms with Gasteiger partial charge in [0.05, 0.1) is 11.3 Å². The van der Waals surface area contributed by atoms with Gasteiger partial charge in [0.25, 0.3) is 0 Å². The number of anilines is 1. The van der Waals surface area contributed by atoms with E-state index in [0.29, 0.717) is 11.8 Å². The Morgan fingerprint density at radius 1 is 1.19 bits per heavy atom. The molecule has 3 unspecified atom stereocenters. The second-order valence-electron chi connectivity index (χ2n) is 5.97. The third-order valence-electron chi connectivity index (χ3n) is 4.59. The molecule has 0 saturated heterocycles. The van der Waals surface area contributed by atoms with Gasteiger partial charge in [0, 0.05) is 5.92 Å². The van der Waals surface area contributed by atoms with Crippen LogP contribution in [0.5, 0.6) is 0 Å². The van der Waals surface area contributed by atoms with Crippen molar-refractivity contribution in [2.75, 3.05) is 5.43 Å². The summed E-state index contributed by atoms with van der Waals surface area (Å²) in [6.07, 6.45) is -0.0729. The minimum atomic E-state index is -4.38. The Morgan fingerprint density at radius 2 is 2.00 bits per heavy atom. The molecular weight excluding hydrogens is 281 g/mol. The highest BCUT2D eigenvalue weighted by atomic mass is 19.4. The Balaban J connectivity index is 1.59. The normalized spacial score (nSPS) is 27.7. The maximum Gasteiger partial charge on any atom is 0.416 e. The van der Waals surface area contributed by atoms with Crippen LogP contribution in [-0.2, 0) is 11.0 Å². The number of carbonyl (C=O) groups excluding carboxylic acids is 1. The zero-order valence-corrected chi connectivity index (χ0v) is 11.4. The number of benzene rings is 1. The molecule has 0 radical (unpaired) electrons. The van der Waals surface area contributed by atoms with Gasteiger partial charge < -0.3 is 0 Å². The first kappa shape index (κ1) is 14.2. The Morgan fingerprint density at radius 3 is 2.62 bits per heavy atom. The van der Waals surface area contributed by atoms with Gasteiger partial charge in [-0.15, -0.1) is 0 Å². The van der Waals surface area contributed by atoms with E-state index >= 15 is 0 Å². The van der Waals surface area contributed by atoms with Crippen LogP contribution in [0.1, 0.15) is 31.2 Å². The second kappa shape index (κ2) is 5.24. The monoisotopic (exact) mass is 298 g/mol. The van der Waals surface area contributed by atoms with Crippen LogP contribution in [-0.4, -0.2) is 5.91 Å². The van der Waals surface area contributed by atoms with Crippen molar-refractivity contribution in [3.63, 3.8) is 0 Å². The fourth-order valence-electron chi connectivity index (χ4n) is 3.57. The van der Waals surface area contributed by atoms with Gasteiger partial charge in [0.2, 0.25) is 5.91 Å². The van der Waals surface area contributed by atoms with Crippen molar-refractivity contribution >= 4 is 11.6 Å². The Bertz CT molecular complexity index is 544. The number of fused-ring (bicyclic) bond motifs is 2. The Labute approximate surface area is 120 Å². The van der Waals surface area contributed by atoms with Crippen molar-refractivity contribution in [2.45, 2.75) is 31.9 Å². The minimum Gasteiger partial charge on any atom is -0.299 e. The Hall–Kier alpha value is -1.72. The van der Waals surface area contributed by atoms with Gasteiger partial charge >= 0.3 is 6.18 Å². The Kier molecular flexibility index (Phi) is 3.55. The van der Waals surface area contributed by atoms with E-state index in [1.165, 1.54) is 18.6 Å². The van der Waals surface area contributed by atoms with E-state index in [1.807, 2.05) is 0 Å². The van der Waals surface area contributed by atoms with Crippen molar-refractivity contribution < 1.29 is 18.0 Å². The van der Waals surface area contributed by atoms with Gasteiger partial charge in [-0.2, -0.15) is 13.2 Å². The first-order valence-corrected chi connectivity index (χ1v) is 7.16. The van der Waals surface area contributed by atoms with E-state index in [2.05, 4.69) is 10.9 Å². The van der Waals surface area contributed by atoms with Gasteiger partial charge in [-0.05, 0) is 49.3 Å². The lowest BCUT2D eigenvalue weighted by Crippen LogP contribution is -2.37. The summed E-state index contributed by atoms with van der Waals surface area (Å²) >= 11 is 0. The zero-order valence-electron chi connectivity index (χ0n) is 11.4. The van der Waals surface area contributed by atoms with Crippen molar-refractivity contribution in [1.82, 2.24) is 5.43 Å². The SMILES string of the molecule is O=C(NNc1cccc(C(F)(F)F)c1)C1CC2CCC1C2. The molecule has 6 heteroatoms. The predicted octanol–water partition coefficient (Wildman–Crippen LogP) is 3.58. The van der Waals surface area contributed by atoms with Crippen molar-refractivity contribution in [1.29, 1.82) is 0 Å². The highest BCUT2D eigenvalue weighted by Crippen LogP contribution is 2.48. The molecule has 2 aliphatic carbocycles. The number of nitrogens with one attached hydrogen (secondary N) is 2. The highest BCUT2D eigenvalue weighted by molar-refractivity contribution is 5.80. The van der Waals surface area contributed by atoms with Crippen LogP contribution < -0.4 is 10.9 Å². The van der Waals surface area contributed by atoms with Crippen LogP contribution in [0.4, 0.5) is 18.9 Å². The molecule has 2 fully saturated rings. The summed E-state index contributed by atoms with van der Waals surface area (Å²) in [6.45, 7) is 0. The summed E-state index contributed by atoms with van der Waals surface area (Å²) in [7, 11) is 0. The molecule has 3 rings (SSSR count). The molecule has 0 heterocycles. The number of hydrazine groups is 1. The van der Waals surface area contributed by atoms with E-state index in [9.17, 15) is 18.0 Å². The molecule has 2 saturated carbocycles. The van der Waals surface area contributed by atoms with Crippen LogP contribution in [0.15, 0.2) is 24.3 Å². The summed E-state index contributed by atoms with van der Waals surface area (Å²) < 4.78 is 37.8. The summed E-state index contributed by atoms with van der Waals surface area (Å²) in [4.78, 5) is 12.1. The van der Waals surface area contributed by atoms with Crippen LogP contribution >= 0.6 is 0 Å².